The summed E-state index contributed by atoms with van der Waals surface area (Å²) in [7, 11) is 1.38. The molecule has 4 aromatic rings. The van der Waals surface area contributed by atoms with E-state index in [1.54, 1.807) is 12.1 Å². The van der Waals surface area contributed by atoms with Crippen LogP contribution in [0.3, 0.4) is 0 Å². The highest BCUT2D eigenvalue weighted by molar-refractivity contribution is 8.00. The van der Waals surface area contributed by atoms with Crippen LogP contribution in [0.4, 0.5) is 10.7 Å². The minimum absolute atomic E-state index is 0.152. The Balaban J connectivity index is 1.40. The molecule has 0 aliphatic heterocycles. The van der Waals surface area contributed by atoms with Crippen LogP contribution in [0.1, 0.15) is 74.7 Å². The number of thiophene rings is 1. The van der Waals surface area contributed by atoms with E-state index in [-0.39, 0.29) is 17.2 Å². The van der Waals surface area contributed by atoms with Crippen molar-refractivity contribution in [2.45, 2.75) is 57.1 Å². The summed E-state index contributed by atoms with van der Waals surface area (Å²) < 4.78 is 5.18. The number of carbonyl (C=O) groups is 3. The van der Waals surface area contributed by atoms with Gasteiger partial charge in [0.1, 0.15) is 10.3 Å². The first-order valence-corrected chi connectivity index (χ1v) is 16.5. The van der Waals surface area contributed by atoms with Gasteiger partial charge in [0.2, 0.25) is 5.91 Å². The third-order valence-corrected chi connectivity index (χ3v) is 10.5. The third-order valence-electron chi connectivity index (χ3n) is 8.12. The van der Waals surface area contributed by atoms with Gasteiger partial charge in [-0.05, 0) is 79.0 Å². The van der Waals surface area contributed by atoms with E-state index in [1.807, 2.05) is 73.7 Å². The number of anilines is 2. The molecule has 2 atom stereocenters. The number of aryl methyl sites for hydroxylation is 1. The lowest BCUT2D eigenvalue weighted by Gasteiger charge is -2.33. The van der Waals surface area contributed by atoms with Gasteiger partial charge in [-0.1, -0.05) is 74.9 Å². The lowest BCUT2D eigenvalue weighted by Crippen LogP contribution is -2.26. The summed E-state index contributed by atoms with van der Waals surface area (Å²) in [5.41, 5.74) is 4.76. The second kappa shape index (κ2) is 13.4. The van der Waals surface area contributed by atoms with E-state index in [1.165, 1.54) is 30.2 Å². The molecule has 2 N–H and O–H groups in total. The number of thioether (sulfide) groups is 1. The summed E-state index contributed by atoms with van der Waals surface area (Å²) in [6.07, 6.45) is 2.65. The van der Waals surface area contributed by atoms with E-state index in [2.05, 4.69) is 31.4 Å². The zero-order chi connectivity index (χ0) is 31.4. The first-order chi connectivity index (χ1) is 21.0. The van der Waals surface area contributed by atoms with Crippen LogP contribution >= 0.6 is 23.1 Å². The van der Waals surface area contributed by atoms with E-state index in [4.69, 9.17) is 4.74 Å². The number of nitrogens with one attached hydrogen (secondary N) is 2. The fourth-order valence-electron chi connectivity index (χ4n) is 5.50. The number of rotatable bonds is 8. The van der Waals surface area contributed by atoms with Gasteiger partial charge in [0, 0.05) is 21.0 Å². The highest BCUT2D eigenvalue weighted by Crippen LogP contribution is 2.45. The van der Waals surface area contributed by atoms with Crippen LogP contribution in [-0.2, 0) is 22.4 Å². The molecule has 228 valence electrons. The van der Waals surface area contributed by atoms with Crippen molar-refractivity contribution in [3.8, 4) is 0 Å². The molecule has 1 aliphatic carbocycles. The molecule has 44 heavy (non-hydrogen) atoms. The Morgan fingerprint density at radius 1 is 0.955 bits per heavy atom. The maximum absolute atomic E-state index is 14.0. The van der Waals surface area contributed by atoms with Crippen LogP contribution in [0, 0.1) is 18.3 Å². The van der Waals surface area contributed by atoms with Gasteiger partial charge >= 0.3 is 5.97 Å². The van der Waals surface area contributed by atoms with Gasteiger partial charge in [0.15, 0.2) is 0 Å². The molecule has 0 fully saturated rings. The van der Waals surface area contributed by atoms with Crippen molar-refractivity contribution in [1.29, 1.82) is 0 Å². The normalized spacial score (nSPS) is 15.2. The van der Waals surface area contributed by atoms with Crippen molar-refractivity contribution in [3.05, 3.63) is 112 Å². The number of hydrogen-bond acceptors (Lipinski definition) is 6. The first kappa shape index (κ1) is 31.5. The molecule has 1 aliphatic rings. The predicted molar refractivity (Wildman–Crippen MR) is 180 cm³/mol. The topological polar surface area (TPSA) is 84.5 Å². The van der Waals surface area contributed by atoms with Crippen molar-refractivity contribution in [2.24, 2.45) is 11.3 Å². The molecular formula is C36H38N2O4S2. The number of fused-ring (bicyclic) bond motifs is 1. The van der Waals surface area contributed by atoms with Crippen LogP contribution in [0.25, 0.3) is 0 Å². The summed E-state index contributed by atoms with van der Waals surface area (Å²) in [6.45, 7) is 8.74. The maximum Gasteiger partial charge on any atom is 0.341 e. The number of methoxy groups -OCH3 is 1. The molecule has 1 aromatic heterocycles. The quantitative estimate of drug-likeness (QED) is 0.151. The Labute approximate surface area is 267 Å². The fraction of sp³-hybridized carbons (Fsp3) is 0.306. The van der Waals surface area contributed by atoms with Crippen molar-refractivity contribution in [3.63, 3.8) is 0 Å². The number of benzene rings is 3. The maximum atomic E-state index is 14.0. The monoisotopic (exact) mass is 626 g/mol. The summed E-state index contributed by atoms with van der Waals surface area (Å²) in [5.74, 6) is -0.358. The molecule has 0 saturated heterocycles. The van der Waals surface area contributed by atoms with E-state index in [0.717, 1.165) is 45.7 Å². The molecule has 0 bridgehead atoms. The SMILES string of the molecule is COC(=O)c1c(NC(=O)C(Sc2cccc(NC(=O)c3ccc(C)cc3)c2)c2ccccc2)sc2c1CCC(C(C)(C)C)C2. The van der Waals surface area contributed by atoms with Crippen LogP contribution in [0.2, 0.25) is 0 Å². The minimum Gasteiger partial charge on any atom is -0.465 e. The van der Waals surface area contributed by atoms with E-state index in [0.29, 0.717) is 27.7 Å². The van der Waals surface area contributed by atoms with Crippen LogP contribution in [-0.4, -0.2) is 24.9 Å². The lowest BCUT2D eigenvalue weighted by molar-refractivity contribution is -0.115. The highest BCUT2D eigenvalue weighted by Gasteiger charge is 2.35. The summed E-state index contributed by atoms with van der Waals surface area (Å²) in [6, 6.07) is 24.5. The molecule has 2 amide bonds. The largest absolute Gasteiger partial charge is 0.465 e. The van der Waals surface area contributed by atoms with Crippen molar-refractivity contribution < 1.29 is 19.1 Å². The van der Waals surface area contributed by atoms with Crippen LogP contribution in [0.5, 0.6) is 0 Å². The van der Waals surface area contributed by atoms with Gasteiger partial charge in [0.25, 0.3) is 5.91 Å². The fourth-order valence-corrected chi connectivity index (χ4v) is 7.90. The summed E-state index contributed by atoms with van der Waals surface area (Å²) >= 11 is 2.88. The Bertz CT molecular complexity index is 1660. The molecule has 6 nitrogen and oxygen atoms in total. The van der Waals surface area contributed by atoms with Gasteiger partial charge in [-0.25, -0.2) is 4.79 Å². The summed E-state index contributed by atoms with van der Waals surface area (Å²) in [4.78, 5) is 41.9. The smallest absolute Gasteiger partial charge is 0.341 e. The van der Waals surface area contributed by atoms with E-state index >= 15 is 0 Å². The van der Waals surface area contributed by atoms with Crippen molar-refractivity contribution in [2.75, 3.05) is 17.7 Å². The van der Waals surface area contributed by atoms with Crippen molar-refractivity contribution in [1.82, 2.24) is 0 Å². The second-order valence-electron chi connectivity index (χ2n) is 12.3. The zero-order valence-corrected chi connectivity index (χ0v) is 27.4. The Morgan fingerprint density at radius 3 is 2.36 bits per heavy atom. The average Bonchev–Trinajstić information content (AvgIpc) is 3.37. The molecular weight excluding hydrogens is 589 g/mol. The number of ether oxygens (including phenoxy) is 1. The molecule has 0 radical (unpaired) electrons. The second-order valence-corrected chi connectivity index (χ2v) is 14.5. The number of carbonyl (C=O) groups excluding carboxylic acids is 3. The van der Waals surface area contributed by atoms with E-state index < -0.39 is 11.2 Å². The minimum atomic E-state index is -0.605. The number of hydrogen-bond donors (Lipinski definition) is 2. The molecule has 3 aromatic carbocycles. The number of esters is 1. The highest BCUT2D eigenvalue weighted by atomic mass is 32.2. The lowest BCUT2D eigenvalue weighted by atomic mass is 9.72. The Morgan fingerprint density at radius 2 is 1.68 bits per heavy atom. The van der Waals surface area contributed by atoms with Gasteiger partial charge in [-0.15, -0.1) is 23.1 Å². The van der Waals surface area contributed by atoms with Gasteiger partial charge in [-0.2, -0.15) is 0 Å². The zero-order valence-electron chi connectivity index (χ0n) is 25.7. The van der Waals surface area contributed by atoms with E-state index in [9.17, 15) is 14.4 Å². The molecule has 0 saturated carbocycles. The van der Waals surface area contributed by atoms with Gasteiger partial charge < -0.3 is 15.4 Å². The molecule has 2 unspecified atom stereocenters. The van der Waals surface area contributed by atoms with Crippen molar-refractivity contribution >= 4 is 51.6 Å². The molecule has 1 heterocycles. The average molecular weight is 627 g/mol. The Hall–Kier alpha value is -3.88. The van der Waals surface area contributed by atoms with Crippen LogP contribution < -0.4 is 10.6 Å². The molecule has 5 rings (SSSR count). The molecule has 8 heteroatoms. The molecule has 0 spiro atoms. The van der Waals surface area contributed by atoms with Crippen LogP contribution in [0.15, 0.2) is 83.8 Å². The standard InChI is InChI=1S/C36H38N2O4S2/c1-22-14-16-24(17-15-22)32(39)37-26-12-9-13-27(21-26)43-31(23-10-7-6-8-11-23)33(40)38-34-30(35(41)42-5)28-19-18-25(36(2,3)4)20-29(28)44-34/h6-17,21,25,31H,18-20H2,1-5H3,(H,37,39)(H,38,40). The number of amides is 2. The van der Waals surface area contributed by atoms with Gasteiger partial charge in [-0.3, -0.25) is 9.59 Å². The summed E-state index contributed by atoms with van der Waals surface area (Å²) in [5, 5.41) is 6.02. The third kappa shape index (κ3) is 7.25. The Kier molecular flexibility index (Phi) is 9.61. The van der Waals surface area contributed by atoms with Gasteiger partial charge in [0.05, 0.1) is 12.7 Å². The first-order valence-electron chi connectivity index (χ1n) is 14.8. The predicted octanol–water partition coefficient (Wildman–Crippen LogP) is 8.72.